The van der Waals surface area contributed by atoms with Gasteiger partial charge in [-0.05, 0) is 19.3 Å². The van der Waals surface area contributed by atoms with Crippen LogP contribution in [0.2, 0.25) is 0 Å². The van der Waals surface area contributed by atoms with Crippen LogP contribution in [0.15, 0.2) is 0 Å². The van der Waals surface area contributed by atoms with Crippen LogP contribution >= 0.6 is 12.4 Å². The molecule has 0 aromatic rings. The van der Waals surface area contributed by atoms with Crippen molar-refractivity contribution < 1.29 is 8.42 Å². The van der Waals surface area contributed by atoms with Crippen molar-refractivity contribution in [2.45, 2.75) is 51.0 Å². The van der Waals surface area contributed by atoms with E-state index in [4.69, 9.17) is 5.73 Å². The maximum atomic E-state index is 11.7. The number of halogens is 1. The van der Waals surface area contributed by atoms with Crippen molar-refractivity contribution in [2.24, 2.45) is 5.73 Å². The molecule has 16 heavy (non-hydrogen) atoms. The van der Waals surface area contributed by atoms with Gasteiger partial charge in [-0.25, -0.2) is 13.1 Å². The molecule has 4 nitrogen and oxygen atoms in total. The van der Waals surface area contributed by atoms with E-state index in [-0.39, 0.29) is 23.7 Å². The minimum absolute atomic E-state index is 0. The van der Waals surface area contributed by atoms with Gasteiger partial charge in [-0.3, -0.25) is 0 Å². The van der Waals surface area contributed by atoms with E-state index < -0.39 is 10.0 Å². The van der Waals surface area contributed by atoms with Crippen LogP contribution in [0, 0.1) is 0 Å². The highest BCUT2D eigenvalue weighted by Crippen LogP contribution is 2.29. The van der Waals surface area contributed by atoms with Crippen molar-refractivity contribution in [3.8, 4) is 0 Å². The van der Waals surface area contributed by atoms with Gasteiger partial charge in [-0.2, -0.15) is 0 Å². The molecule has 0 aromatic carbocycles. The second-order valence-corrected chi connectivity index (χ2v) is 6.31. The molecule has 0 aromatic heterocycles. The molecule has 0 spiro atoms. The quantitative estimate of drug-likeness (QED) is 0.766. The van der Waals surface area contributed by atoms with Gasteiger partial charge in [0.15, 0.2) is 0 Å². The first-order chi connectivity index (χ1) is 7.04. The Balaban J connectivity index is 0.00000225. The number of rotatable bonds is 6. The Labute approximate surface area is 105 Å². The van der Waals surface area contributed by atoms with Crippen molar-refractivity contribution in [2.75, 3.05) is 12.3 Å². The third-order valence-electron chi connectivity index (χ3n) is 3.09. The van der Waals surface area contributed by atoms with E-state index in [1.165, 1.54) is 0 Å². The molecule has 0 unspecified atom stereocenters. The van der Waals surface area contributed by atoms with Gasteiger partial charge in [0.05, 0.1) is 5.75 Å². The van der Waals surface area contributed by atoms with Gasteiger partial charge in [0.25, 0.3) is 0 Å². The molecule has 0 bridgehead atoms. The lowest BCUT2D eigenvalue weighted by Gasteiger charge is -2.28. The number of nitrogens with one attached hydrogen (secondary N) is 1. The molecule has 0 atom stereocenters. The van der Waals surface area contributed by atoms with Crippen LogP contribution in [-0.2, 0) is 10.0 Å². The molecule has 0 radical (unpaired) electrons. The number of unbranched alkanes of at least 4 members (excludes halogenated alkanes) is 1. The molecule has 0 heterocycles. The maximum absolute atomic E-state index is 11.7. The minimum Gasteiger partial charge on any atom is -0.329 e. The van der Waals surface area contributed by atoms with E-state index in [1.807, 2.05) is 6.92 Å². The van der Waals surface area contributed by atoms with E-state index in [0.717, 1.165) is 38.5 Å². The molecular formula is C10H23ClN2O2S. The van der Waals surface area contributed by atoms with Crippen molar-refractivity contribution in [3.05, 3.63) is 0 Å². The molecule has 6 heteroatoms. The van der Waals surface area contributed by atoms with Gasteiger partial charge in [0, 0.05) is 12.1 Å². The van der Waals surface area contributed by atoms with Crippen LogP contribution in [0.5, 0.6) is 0 Å². The smallest absolute Gasteiger partial charge is 0.212 e. The molecular weight excluding hydrogens is 248 g/mol. The number of nitrogens with two attached hydrogens (primary N) is 1. The summed E-state index contributed by atoms with van der Waals surface area (Å²) in [4.78, 5) is 0. The first kappa shape index (κ1) is 16.2. The van der Waals surface area contributed by atoms with E-state index >= 15 is 0 Å². The van der Waals surface area contributed by atoms with E-state index in [0.29, 0.717) is 6.54 Å². The molecule has 1 rings (SSSR count). The summed E-state index contributed by atoms with van der Waals surface area (Å²) in [6.45, 7) is 2.40. The number of sulfonamides is 1. The molecule has 1 saturated carbocycles. The standard InChI is InChI=1S/C10H22N2O2S.ClH/c1-2-3-8-15(13,14)12-10(9-11)6-4-5-7-10;/h12H,2-9,11H2,1H3;1H. The lowest BCUT2D eigenvalue weighted by molar-refractivity contribution is 0.399. The van der Waals surface area contributed by atoms with Crippen LogP contribution in [0.1, 0.15) is 45.4 Å². The summed E-state index contributed by atoms with van der Waals surface area (Å²) in [6, 6.07) is 0. The third-order valence-corrected chi connectivity index (χ3v) is 4.66. The highest BCUT2D eigenvalue weighted by molar-refractivity contribution is 7.89. The predicted octanol–water partition coefficient (Wildman–Crippen LogP) is 1.40. The summed E-state index contributed by atoms with van der Waals surface area (Å²) in [6.07, 6.45) is 5.54. The fourth-order valence-electron chi connectivity index (χ4n) is 2.11. The average molecular weight is 271 g/mol. The SMILES string of the molecule is CCCCS(=O)(=O)NC1(CN)CCCC1.Cl. The van der Waals surface area contributed by atoms with E-state index in [2.05, 4.69) is 4.72 Å². The average Bonchev–Trinajstić information content (AvgIpc) is 2.63. The van der Waals surface area contributed by atoms with E-state index in [9.17, 15) is 8.42 Å². The second-order valence-electron chi connectivity index (χ2n) is 4.47. The number of hydrogen-bond acceptors (Lipinski definition) is 3. The second kappa shape index (κ2) is 6.79. The molecule has 3 N–H and O–H groups in total. The lowest BCUT2D eigenvalue weighted by atomic mass is 10.0. The summed E-state index contributed by atoms with van der Waals surface area (Å²) < 4.78 is 26.3. The monoisotopic (exact) mass is 270 g/mol. The third kappa shape index (κ3) is 4.57. The van der Waals surface area contributed by atoms with Crippen LogP contribution in [0.3, 0.4) is 0 Å². The Kier molecular flexibility index (Phi) is 6.86. The first-order valence-corrected chi connectivity index (χ1v) is 7.40. The fourth-order valence-corrected chi connectivity index (χ4v) is 3.83. The van der Waals surface area contributed by atoms with Crippen LogP contribution < -0.4 is 10.5 Å². The maximum Gasteiger partial charge on any atom is 0.212 e. The zero-order valence-corrected chi connectivity index (χ0v) is 11.5. The van der Waals surface area contributed by atoms with Crippen LogP contribution in [0.25, 0.3) is 0 Å². The van der Waals surface area contributed by atoms with Crippen molar-refractivity contribution in [1.29, 1.82) is 0 Å². The van der Waals surface area contributed by atoms with Gasteiger partial charge in [-0.1, -0.05) is 26.2 Å². The van der Waals surface area contributed by atoms with Gasteiger partial charge in [0.2, 0.25) is 10.0 Å². The van der Waals surface area contributed by atoms with Crippen LogP contribution in [0.4, 0.5) is 0 Å². The topological polar surface area (TPSA) is 72.2 Å². The Hall–Kier alpha value is 0.160. The molecule has 0 saturated heterocycles. The van der Waals surface area contributed by atoms with Crippen molar-refractivity contribution in [1.82, 2.24) is 4.72 Å². The Bertz CT molecular complexity index is 287. The van der Waals surface area contributed by atoms with Crippen molar-refractivity contribution >= 4 is 22.4 Å². The summed E-state index contributed by atoms with van der Waals surface area (Å²) in [7, 11) is -3.13. The number of hydrogen-bond donors (Lipinski definition) is 2. The van der Waals surface area contributed by atoms with Crippen LogP contribution in [-0.4, -0.2) is 26.3 Å². The molecule has 1 aliphatic carbocycles. The Morgan fingerprint density at radius 1 is 1.31 bits per heavy atom. The minimum atomic E-state index is -3.13. The van der Waals surface area contributed by atoms with Gasteiger partial charge in [-0.15, -0.1) is 12.4 Å². The Morgan fingerprint density at radius 3 is 2.31 bits per heavy atom. The first-order valence-electron chi connectivity index (χ1n) is 5.75. The zero-order chi connectivity index (χ0) is 11.4. The summed E-state index contributed by atoms with van der Waals surface area (Å²) in [5, 5.41) is 0. The zero-order valence-electron chi connectivity index (χ0n) is 9.87. The summed E-state index contributed by atoms with van der Waals surface area (Å²) in [5.74, 6) is 0.227. The summed E-state index contributed by atoms with van der Waals surface area (Å²) >= 11 is 0. The highest BCUT2D eigenvalue weighted by atomic mass is 35.5. The highest BCUT2D eigenvalue weighted by Gasteiger charge is 2.35. The lowest BCUT2D eigenvalue weighted by Crippen LogP contribution is -2.52. The molecule has 1 aliphatic rings. The normalized spacial score (nSPS) is 19.4. The molecule has 0 aliphatic heterocycles. The predicted molar refractivity (Wildman–Crippen MR) is 69.3 cm³/mol. The molecule has 0 amide bonds. The molecule has 98 valence electrons. The van der Waals surface area contributed by atoms with Crippen molar-refractivity contribution in [3.63, 3.8) is 0 Å². The van der Waals surface area contributed by atoms with Gasteiger partial charge < -0.3 is 5.73 Å². The molecule has 1 fully saturated rings. The fraction of sp³-hybridized carbons (Fsp3) is 1.00. The largest absolute Gasteiger partial charge is 0.329 e. The van der Waals surface area contributed by atoms with Gasteiger partial charge >= 0.3 is 0 Å². The summed E-state index contributed by atoms with van der Waals surface area (Å²) in [5.41, 5.74) is 5.34. The van der Waals surface area contributed by atoms with E-state index in [1.54, 1.807) is 0 Å². The Morgan fingerprint density at radius 2 is 1.88 bits per heavy atom. The van der Waals surface area contributed by atoms with Gasteiger partial charge in [0.1, 0.15) is 0 Å².